The molecule has 0 radical (unpaired) electrons. The number of cyclic esters (lactones) is 1. The first-order valence-electron chi connectivity index (χ1n) is 13.3. The number of carbonyl (C=O) groups excluding carboxylic acids is 1. The molecular formula is C29H44O3. The van der Waals surface area contributed by atoms with Gasteiger partial charge >= 0.3 is 5.97 Å². The first kappa shape index (κ1) is 22.7. The van der Waals surface area contributed by atoms with Crippen LogP contribution in [0.1, 0.15) is 92.9 Å². The molecular weight excluding hydrogens is 396 g/mol. The van der Waals surface area contributed by atoms with Gasteiger partial charge in [-0.15, -0.1) is 0 Å². The lowest BCUT2D eigenvalue weighted by molar-refractivity contribution is -0.161. The topological polar surface area (TPSA) is 46.5 Å². The zero-order valence-electron chi connectivity index (χ0n) is 21.1. The minimum Gasteiger partial charge on any atom is -0.454 e. The third-order valence-electron chi connectivity index (χ3n) is 11.1. The molecule has 178 valence electrons. The molecule has 32 heavy (non-hydrogen) atoms. The largest absolute Gasteiger partial charge is 0.454 e. The van der Waals surface area contributed by atoms with E-state index in [1.165, 1.54) is 11.1 Å². The van der Waals surface area contributed by atoms with Gasteiger partial charge in [0.1, 0.15) is 5.60 Å². The van der Waals surface area contributed by atoms with Crippen molar-refractivity contribution in [3.05, 3.63) is 23.3 Å². The van der Waals surface area contributed by atoms with Crippen molar-refractivity contribution in [3.8, 4) is 0 Å². The lowest BCUT2D eigenvalue weighted by atomic mass is 9.47. The number of allylic oxidation sites excluding steroid dienone is 2. The van der Waals surface area contributed by atoms with Gasteiger partial charge in [-0.1, -0.05) is 52.3 Å². The predicted octanol–water partition coefficient (Wildman–Crippen LogP) is 6.46. The summed E-state index contributed by atoms with van der Waals surface area (Å²) >= 11 is 0. The molecule has 1 saturated heterocycles. The molecule has 5 aliphatic rings. The summed E-state index contributed by atoms with van der Waals surface area (Å²) in [5.41, 5.74) is 2.23. The number of ether oxygens (including phenoxy) is 1. The van der Waals surface area contributed by atoms with E-state index in [9.17, 15) is 9.90 Å². The highest BCUT2D eigenvalue weighted by atomic mass is 16.6. The fourth-order valence-corrected chi connectivity index (χ4v) is 8.93. The molecule has 3 heteroatoms. The number of hydrogen-bond acceptors (Lipinski definition) is 3. The van der Waals surface area contributed by atoms with Crippen LogP contribution in [0.3, 0.4) is 0 Å². The molecule has 0 bridgehead atoms. The van der Waals surface area contributed by atoms with Gasteiger partial charge in [0.05, 0.1) is 11.5 Å². The molecule has 5 rings (SSSR count). The van der Waals surface area contributed by atoms with Gasteiger partial charge in [0.2, 0.25) is 0 Å². The monoisotopic (exact) mass is 440 g/mol. The molecule has 3 nitrogen and oxygen atoms in total. The molecule has 4 aliphatic carbocycles. The maximum absolute atomic E-state index is 13.7. The van der Waals surface area contributed by atoms with Crippen molar-refractivity contribution < 1.29 is 14.6 Å². The van der Waals surface area contributed by atoms with E-state index in [0.29, 0.717) is 35.5 Å². The first-order valence-corrected chi connectivity index (χ1v) is 13.3. The SMILES string of the molecule is CC(C)[C@@H](C)[C@@H](C)C[C@@]1(C)OC(=O)[C@]23CC[C@H]4[C@@H](CC=C5C[C@@H](O)CC[C@@]54C)[C@@H]2CC=C31. The fraction of sp³-hybridized carbons (Fsp3) is 0.828. The first-order chi connectivity index (χ1) is 15.0. The van der Waals surface area contributed by atoms with Crippen LogP contribution >= 0.6 is 0 Å². The van der Waals surface area contributed by atoms with Gasteiger partial charge in [-0.2, -0.15) is 0 Å². The number of rotatable bonds is 4. The Morgan fingerprint density at radius 1 is 1.06 bits per heavy atom. The van der Waals surface area contributed by atoms with Crippen molar-refractivity contribution in [3.63, 3.8) is 0 Å². The number of esters is 1. The third-order valence-corrected chi connectivity index (χ3v) is 11.1. The lowest BCUT2D eigenvalue weighted by Crippen LogP contribution is -2.52. The quantitative estimate of drug-likeness (QED) is 0.403. The van der Waals surface area contributed by atoms with E-state index in [1.54, 1.807) is 0 Å². The van der Waals surface area contributed by atoms with Crippen LogP contribution in [0.15, 0.2) is 23.3 Å². The van der Waals surface area contributed by atoms with Gasteiger partial charge in [-0.25, -0.2) is 0 Å². The van der Waals surface area contributed by atoms with Gasteiger partial charge in [-0.3, -0.25) is 4.79 Å². The fourth-order valence-electron chi connectivity index (χ4n) is 8.93. The van der Waals surface area contributed by atoms with E-state index in [0.717, 1.165) is 51.4 Å². The van der Waals surface area contributed by atoms with Crippen molar-refractivity contribution in [2.24, 2.45) is 46.3 Å². The number of aliphatic hydroxyl groups is 1. The second-order valence-electron chi connectivity index (χ2n) is 12.9. The third kappa shape index (κ3) is 2.98. The molecule has 1 heterocycles. The van der Waals surface area contributed by atoms with E-state index in [-0.39, 0.29) is 22.9 Å². The Balaban J connectivity index is 1.43. The summed E-state index contributed by atoms with van der Waals surface area (Å²) in [6, 6.07) is 0. The predicted molar refractivity (Wildman–Crippen MR) is 128 cm³/mol. The van der Waals surface area contributed by atoms with Gasteiger partial charge in [0.25, 0.3) is 0 Å². The van der Waals surface area contributed by atoms with Crippen LogP contribution in [0.5, 0.6) is 0 Å². The minimum atomic E-state index is -0.435. The molecule has 0 aromatic heterocycles. The second kappa shape index (κ2) is 7.45. The van der Waals surface area contributed by atoms with Crippen LogP contribution < -0.4 is 0 Å². The Kier molecular flexibility index (Phi) is 5.29. The molecule has 3 fully saturated rings. The van der Waals surface area contributed by atoms with Crippen molar-refractivity contribution in [1.29, 1.82) is 0 Å². The average Bonchev–Trinajstić information content (AvgIpc) is 3.23. The molecule has 1 N–H and O–H groups in total. The highest BCUT2D eigenvalue weighted by Gasteiger charge is 2.68. The molecule has 0 aromatic rings. The Hall–Kier alpha value is -1.09. The summed E-state index contributed by atoms with van der Waals surface area (Å²) in [4.78, 5) is 13.7. The number of carbonyl (C=O) groups is 1. The number of aliphatic hydroxyl groups excluding tert-OH is 1. The highest BCUT2D eigenvalue weighted by Crippen LogP contribution is 2.69. The van der Waals surface area contributed by atoms with E-state index in [1.807, 2.05) is 0 Å². The Morgan fingerprint density at radius 2 is 1.81 bits per heavy atom. The van der Waals surface area contributed by atoms with E-state index in [4.69, 9.17) is 4.74 Å². The molecule has 0 amide bonds. The van der Waals surface area contributed by atoms with Crippen LogP contribution in [0.2, 0.25) is 0 Å². The van der Waals surface area contributed by atoms with Crippen LogP contribution in [0, 0.1) is 46.3 Å². The average molecular weight is 441 g/mol. The summed E-state index contributed by atoms with van der Waals surface area (Å²) in [7, 11) is 0. The van der Waals surface area contributed by atoms with Crippen molar-refractivity contribution in [2.45, 2.75) is 105 Å². The maximum atomic E-state index is 13.7. The van der Waals surface area contributed by atoms with Crippen molar-refractivity contribution in [2.75, 3.05) is 0 Å². The van der Waals surface area contributed by atoms with E-state index in [2.05, 4.69) is 53.7 Å². The van der Waals surface area contributed by atoms with E-state index >= 15 is 0 Å². The van der Waals surface area contributed by atoms with Gasteiger partial charge in [0.15, 0.2) is 0 Å². The van der Waals surface area contributed by atoms with Gasteiger partial charge in [-0.05, 0) is 105 Å². The van der Waals surface area contributed by atoms with Crippen LogP contribution in [0.25, 0.3) is 0 Å². The van der Waals surface area contributed by atoms with Crippen LogP contribution in [0.4, 0.5) is 0 Å². The zero-order valence-corrected chi connectivity index (χ0v) is 21.1. The smallest absolute Gasteiger partial charge is 0.317 e. The molecule has 1 aliphatic heterocycles. The minimum absolute atomic E-state index is 0.0793. The zero-order chi connectivity index (χ0) is 23.1. The summed E-state index contributed by atoms with van der Waals surface area (Å²) in [6.45, 7) is 13.9. The summed E-state index contributed by atoms with van der Waals surface area (Å²) in [5, 5.41) is 10.3. The van der Waals surface area contributed by atoms with E-state index < -0.39 is 5.60 Å². The van der Waals surface area contributed by atoms with Gasteiger partial charge in [0, 0.05) is 0 Å². The standard InChI is InChI=1S/C29H44O3/c1-17(2)19(4)18(3)16-28(6)25-10-9-24-22-8-7-20-15-21(30)11-13-27(20,5)23(22)12-14-29(24,25)26(31)32-28/h7,10,17-19,21-24,30H,8-9,11-16H2,1-6H3/t18-,19+,21-,22+,23-,24-,27-,28+,29+/m0/s1. The molecule has 0 unspecified atom stereocenters. The highest BCUT2D eigenvalue weighted by molar-refractivity contribution is 5.87. The maximum Gasteiger partial charge on any atom is 0.317 e. The molecule has 2 saturated carbocycles. The summed E-state index contributed by atoms with van der Waals surface area (Å²) in [5.74, 6) is 3.44. The molecule has 0 aromatic carbocycles. The van der Waals surface area contributed by atoms with Crippen molar-refractivity contribution >= 4 is 5.97 Å². The normalized spacial score (nSPS) is 46.9. The molecule has 1 spiro atoms. The molecule has 9 atom stereocenters. The second-order valence-corrected chi connectivity index (χ2v) is 12.9. The Bertz CT molecular complexity index is 854. The summed E-state index contributed by atoms with van der Waals surface area (Å²) < 4.78 is 6.35. The summed E-state index contributed by atoms with van der Waals surface area (Å²) in [6.07, 6.45) is 12.7. The number of fused-ring (bicyclic) bond motifs is 4. The van der Waals surface area contributed by atoms with Crippen LogP contribution in [-0.4, -0.2) is 22.8 Å². The van der Waals surface area contributed by atoms with Gasteiger partial charge < -0.3 is 9.84 Å². The lowest BCUT2D eigenvalue weighted by Gasteiger charge is -2.56. The number of hydrogen-bond donors (Lipinski definition) is 1. The van der Waals surface area contributed by atoms with Crippen LogP contribution in [-0.2, 0) is 9.53 Å². The Morgan fingerprint density at radius 3 is 2.53 bits per heavy atom. The van der Waals surface area contributed by atoms with Crippen molar-refractivity contribution in [1.82, 2.24) is 0 Å². The Labute approximate surface area is 195 Å².